The third-order valence-corrected chi connectivity index (χ3v) is 7.20. The van der Waals surface area contributed by atoms with Gasteiger partial charge in [0.05, 0.1) is 23.5 Å². The zero-order valence-corrected chi connectivity index (χ0v) is 27.1. The number of rotatable bonds is 3. The highest BCUT2D eigenvalue weighted by atomic mass is 127. The van der Waals surface area contributed by atoms with Gasteiger partial charge in [0, 0.05) is 23.4 Å². The summed E-state index contributed by atoms with van der Waals surface area (Å²) in [7, 11) is 0. The lowest BCUT2D eigenvalue weighted by atomic mass is 10.0. The number of aromatic nitrogens is 2. The van der Waals surface area contributed by atoms with E-state index in [0.29, 0.717) is 6.04 Å². The maximum Gasteiger partial charge on any atom is 0.145 e. The first-order valence-electron chi connectivity index (χ1n) is 14.5. The van der Waals surface area contributed by atoms with Crippen LogP contribution in [0, 0.1) is 6.92 Å². The van der Waals surface area contributed by atoms with Gasteiger partial charge in [0.15, 0.2) is 0 Å². The second-order valence-corrected chi connectivity index (χ2v) is 9.93. The maximum absolute atomic E-state index is 4.93. The van der Waals surface area contributed by atoms with Gasteiger partial charge >= 0.3 is 0 Å². The van der Waals surface area contributed by atoms with Gasteiger partial charge in [-0.15, -0.1) is 24.0 Å². The van der Waals surface area contributed by atoms with Gasteiger partial charge < -0.3 is 4.90 Å². The number of hydrogen-bond acceptors (Lipinski definition) is 3. The van der Waals surface area contributed by atoms with E-state index in [2.05, 4.69) is 150 Å². The molecule has 0 bridgehead atoms. The number of imidazole rings is 1. The van der Waals surface area contributed by atoms with Crippen molar-refractivity contribution in [1.29, 1.82) is 0 Å². The largest absolute Gasteiger partial charge is 0.321 e. The van der Waals surface area contributed by atoms with Crippen molar-refractivity contribution in [2.45, 2.75) is 46.2 Å². The van der Waals surface area contributed by atoms with E-state index < -0.39 is 0 Å². The molecule has 0 amide bonds. The Balaban J connectivity index is 0.000000188. The average Bonchev–Trinajstić information content (AvgIpc) is 3.46. The number of anilines is 1. The van der Waals surface area contributed by atoms with Crippen molar-refractivity contribution in [1.82, 2.24) is 9.55 Å². The second-order valence-electron chi connectivity index (χ2n) is 9.93. The summed E-state index contributed by atoms with van der Waals surface area (Å²) >= 11 is 0. The van der Waals surface area contributed by atoms with E-state index in [1.807, 2.05) is 26.0 Å². The number of aliphatic imine (C=N–C) groups is 1. The van der Waals surface area contributed by atoms with Crippen molar-refractivity contribution < 1.29 is 0 Å². The zero-order chi connectivity index (χ0) is 28.6. The van der Waals surface area contributed by atoms with Crippen LogP contribution in [0.1, 0.15) is 37.7 Å². The molecular formula is C37H39IN4. The fourth-order valence-electron chi connectivity index (χ4n) is 5.42. The molecular weight excluding hydrogens is 627 g/mol. The van der Waals surface area contributed by atoms with E-state index in [0.717, 1.165) is 35.0 Å². The monoisotopic (exact) mass is 666 g/mol. The minimum absolute atomic E-state index is 0. The Kier molecular flexibility index (Phi) is 10.9. The topological polar surface area (TPSA) is 33.4 Å². The molecule has 1 aliphatic heterocycles. The van der Waals surface area contributed by atoms with Gasteiger partial charge in [-0.05, 0) is 50.3 Å². The summed E-state index contributed by atoms with van der Waals surface area (Å²) in [4.78, 5) is 11.9. The second kappa shape index (κ2) is 14.8. The van der Waals surface area contributed by atoms with Crippen LogP contribution >= 0.6 is 24.0 Å². The summed E-state index contributed by atoms with van der Waals surface area (Å²) in [6, 6.07) is 30.1. The predicted molar refractivity (Wildman–Crippen MR) is 190 cm³/mol. The fourth-order valence-corrected chi connectivity index (χ4v) is 5.42. The molecule has 42 heavy (non-hydrogen) atoms. The SMILES string of the molecule is CC.CC1=NC2C=CC=CC2N1c1ccccc1.Cc1cccc(-c2nc3c(n2-c2ccccc2)CC=CC=C3)c1.I. The molecule has 0 N–H and O–H groups in total. The van der Waals surface area contributed by atoms with Crippen LogP contribution in [0.3, 0.4) is 0 Å². The number of halogens is 1. The molecule has 4 nitrogen and oxygen atoms in total. The van der Waals surface area contributed by atoms with Crippen LogP contribution in [0.25, 0.3) is 23.2 Å². The molecule has 4 aromatic rings. The lowest BCUT2D eigenvalue weighted by Crippen LogP contribution is -2.37. The molecule has 2 heterocycles. The Hall–Kier alpha value is -3.97. The van der Waals surface area contributed by atoms with Crippen molar-refractivity contribution in [2.24, 2.45) is 4.99 Å². The molecule has 0 fully saturated rings. The average molecular weight is 667 g/mol. The van der Waals surface area contributed by atoms with Crippen LogP contribution in [-0.4, -0.2) is 27.5 Å². The minimum atomic E-state index is 0. The number of fused-ring (bicyclic) bond motifs is 2. The Morgan fingerprint density at radius 3 is 2.14 bits per heavy atom. The predicted octanol–water partition coefficient (Wildman–Crippen LogP) is 9.41. The summed E-state index contributed by atoms with van der Waals surface area (Å²) < 4.78 is 2.28. The number of para-hydroxylation sites is 2. The van der Waals surface area contributed by atoms with Gasteiger partial charge in [0.1, 0.15) is 11.7 Å². The van der Waals surface area contributed by atoms with E-state index in [-0.39, 0.29) is 30.0 Å². The highest BCUT2D eigenvalue weighted by molar-refractivity contribution is 14.0. The van der Waals surface area contributed by atoms with Crippen LogP contribution in [0.4, 0.5) is 5.69 Å². The lowest BCUT2D eigenvalue weighted by Gasteiger charge is -2.27. The highest BCUT2D eigenvalue weighted by Gasteiger charge is 2.32. The number of allylic oxidation sites excluding steroid dienone is 5. The lowest BCUT2D eigenvalue weighted by molar-refractivity contribution is 0.739. The van der Waals surface area contributed by atoms with Crippen LogP contribution < -0.4 is 4.90 Å². The maximum atomic E-state index is 4.93. The van der Waals surface area contributed by atoms with Crippen LogP contribution in [0.15, 0.2) is 132 Å². The first-order chi connectivity index (χ1) is 20.2. The van der Waals surface area contributed by atoms with Crippen LogP contribution in [0.2, 0.25) is 0 Å². The van der Waals surface area contributed by atoms with Gasteiger partial charge in [-0.2, -0.15) is 0 Å². The first-order valence-corrected chi connectivity index (χ1v) is 14.5. The van der Waals surface area contributed by atoms with Gasteiger partial charge in [0.25, 0.3) is 0 Å². The normalized spacial score (nSPS) is 17.4. The van der Waals surface area contributed by atoms with Crippen molar-refractivity contribution in [3.8, 4) is 17.1 Å². The van der Waals surface area contributed by atoms with Crippen molar-refractivity contribution >= 4 is 41.6 Å². The molecule has 7 rings (SSSR count). The molecule has 0 spiro atoms. The first kappa shape index (κ1) is 31.0. The highest BCUT2D eigenvalue weighted by Crippen LogP contribution is 2.30. The summed E-state index contributed by atoms with van der Waals surface area (Å²) in [6.07, 6.45) is 17.9. The van der Waals surface area contributed by atoms with Crippen LogP contribution in [-0.2, 0) is 6.42 Å². The van der Waals surface area contributed by atoms with Crippen molar-refractivity contribution in [2.75, 3.05) is 4.90 Å². The summed E-state index contributed by atoms with van der Waals surface area (Å²) in [5, 5.41) is 0. The number of amidine groups is 1. The van der Waals surface area contributed by atoms with Gasteiger partial charge in [-0.3, -0.25) is 9.56 Å². The molecule has 1 aromatic heterocycles. The smallest absolute Gasteiger partial charge is 0.145 e. The molecule has 3 aromatic carbocycles. The Labute approximate surface area is 267 Å². The summed E-state index contributed by atoms with van der Waals surface area (Å²) in [5.74, 6) is 2.10. The number of aryl methyl sites for hydroxylation is 1. The quantitative estimate of drug-likeness (QED) is 0.204. The zero-order valence-electron chi connectivity index (χ0n) is 24.8. The number of hydrogen-bond donors (Lipinski definition) is 0. The summed E-state index contributed by atoms with van der Waals surface area (Å²) in [5.41, 5.74) is 7.06. The molecule has 5 heteroatoms. The van der Waals surface area contributed by atoms with E-state index in [1.165, 1.54) is 16.9 Å². The molecule has 0 radical (unpaired) electrons. The van der Waals surface area contributed by atoms with Gasteiger partial charge in [-0.1, -0.05) is 117 Å². The molecule has 2 atom stereocenters. The van der Waals surface area contributed by atoms with E-state index in [4.69, 9.17) is 4.98 Å². The Morgan fingerprint density at radius 2 is 1.43 bits per heavy atom. The van der Waals surface area contributed by atoms with Gasteiger partial charge in [-0.25, -0.2) is 4.98 Å². The fraction of sp³-hybridized carbons (Fsp3) is 0.189. The van der Waals surface area contributed by atoms with Crippen molar-refractivity contribution in [3.05, 3.63) is 144 Å². The van der Waals surface area contributed by atoms with E-state index in [9.17, 15) is 0 Å². The molecule has 2 aliphatic carbocycles. The molecule has 0 saturated carbocycles. The molecule has 2 unspecified atom stereocenters. The minimum Gasteiger partial charge on any atom is -0.321 e. The Morgan fingerprint density at radius 1 is 0.738 bits per heavy atom. The Bertz CT molecular complexity index is 1610. The number of benzene rings is 3. The van der Waals surface area contributed by atoms with Crippen LogP contribution in [0.5, 0.6) is 0 Å². The van der Waals surface area contributed by atoms with E-state index in [1.54, 1.807) is 0 Å². The standard InChI is InChI=1S/C21H18N2.C14H14N2.C2H6.HI/c1-16-9-8-10-17(15-16)21-22-19-13-6-3-7-14-20(19)23(21)18-11-4-2-5-12-18;1-11-15-13-9-5-6-10-14(13)16(11)12-7-3-2-4-8-12;1-2;/h2-13,15H,14H2,1H3;2-10,13-14H,1H3;1-2H3;1H. The molecule has 0 saturated heterocycles. The van der Waals surface area contributed by atoms with Gasteiger partial charge in [0.2, 0.25) is 0 Å². The van der Waals surface area contributed by atoms with Crippen molar-refractivity contribution in [3.63, 3.8) is 0 Å². The molecule has 3 aliphatic rings. The van der Waals surface area contributed by atoms with E-state index >= 15 is 0 Å². The third kappa shape index (κ3) is 6.73. The summed E-state index contributed by atoms with van der Waals surface area (Å²) in [6.45, 7) is 8.19. The third-order valence-electron chi connectivity index (χ3n) is 7.20. The number of nitrogens with zero attached hydrogens (tertiary/aromatic N) is 4. The molecule has 214 valence electrons.